The third-order valence-corrected chi connectivity index (χ3v) is 2.95. The number of benzene rings is 1. The fourth-order valence-electron chi connectivity index (χ4n) is 1.64. The van der Waals surface area contributed by atoms with Gasteiger partial charge in [-0.25, -0.2) is 0 Å². The molecule has 1 aromatic carbocycles. The number of rotatable bonds is 4. The minimum absolute atomic E-state index is 0.101. The van der Waals surface area contributed by atoms with Crippen LogP contribution in [0.15, 0.2) is 18.2 Å². The van der Waals surface area contributed by atoms with Crippen LogP contribution in [0.4, 0.5) is 0 Å². The first-order chi connectivity index (χ1) is 8.34. The maximum Gasteiger partial charge on any atom is 0.307 e. The Morgan fingerprint density at radius 3 is 2.56 bits per heavy atom. The SMILES string of the molecule is Cc1ccc(C(C)(C)C)cc1COC(=O)CCN. The Morgan fingerprint density at radius 2 is 2.00 bits per heavy atom. The molecule has 0 spiro atoms. The van der Waals surface area contributed by atoms with Gasteiger partial charge in [0.05, 0.1) is 6.42 Å². The molecule has 0 unspecified atom stereocenters. The van der Waals surface area contributed by atoms with Crippen LogP contribution in [0.25, 0.3) is 0 Å². The summed E-state index contributed by atoms with van der Waals surface area (Å²) in [7, 11) is 0. The molecule has 0 radical (unpaired) electrons. The molecule has 1 rings (SSSR count). The van der Waals surface area contributed by atoms with Crippen LogP contribution < -0.4 is 5.73 Å². The van der Waals surface area contributed by atoms with Crippen LogP contribution in [-0.2, 0) is 21.6 Å². The standard InChI is InChI=1S/C15H23NO2/c1-11-5-6-13(15(2,3)4)9-12(11)10-18-14(17)7-8-16/h5-6,9H,7-8,10,16H2,1-4H3. The second-order valence-electron chi connectivity index (χ2n) is 5.59. The molecule has 3 heteroatoms. The Labute approximate surface area is 109 Å². The van der Waals surface area contributed by atoms with E-state index in [2.05, 4.69) is 39.0 Å². The van der Waals surface area contributed by atoms with Crippen LogP contribution in [0.3, 0.4) is 0 Å². The van der Waals surface area contributed by atoms with E-state index in [0.29, 0.717) is 13.2 Å². The van der Waals surface area contributed by atoms with Gasteiger partial charge in [-0.15, -0.1) is 0 Å². The van der Waals surface area contributed by atoms with E-state index in [1.807, 2.05) is 6.92 Å². The first-order valence-corrected chi connectivity index (χ1v) is 6.30. The van der Waals surface area contributed by atoms with Crippen LogP contribution in [0.1, 0.15) is 43.9 Å². The zero-order valence-corrected chi connectivity index (χ0v) is 11.7. The van der Waals surface area contributed by atoms with E-state index in [9.17, 15) is 4.79 Å². The van der Waals surface area contributed by atoms with Gasteiger partial charge in [-0.1, -0.05) is 39.0 Å². The number of ether oxygens (including phenoxy) is 1. The summed E-state index contributed by atoms with van der Waals surface area (Å²) in [5, 5.41) is 0. The van der Waals surface area contributed by atoms with E-state index in [4.69, 9.17) is 10.5 Å². The quantitative estimate of drug-likeness (QED) is 0.835. The molecule has 0 fully saturated rings. The number of nitrogens with two attached hydrogens (primary N) is 1. The van der Waals surface area contributed by atoms with Crippen LogP contribution in [0.2, 0.25) is 0 Å². The molecule has 0 atom stereocenters. The van der Waals surface area contributed by atoms with E-state index in [1.165, 1.54) is 5.56 Å². The van der Waals surface area contributed by atoms with Crippen molar-refractivity contribution in [3.63, 3.8) is 0 Å². The monoisotopic (exact) mass is 249 g/mol. The molecule has 0 saturated carbocycles. The third kappa shape index (κ3) is 4.15. The molecule has 0 bridgehead atoms. The summed E-state index contributed by atoms with van der Waals surface area (Å²) in [4.78, 5) is 11.3. The normalized spacial score (nSPS) is 11.4. The lowest BCUT2D eigenvalue weighted by Gasteiger charge is -2.20. The highest BCUT2D eigenvalue weighted by Crippen LogP contribution is 2.24. The molecule has 0 saturated heterocycles. The molecule has 18 heavy (non-hydrogen) atoms. The smallest absolute Gasteiger partial charge is 0.307 e. The molecule has 1 aromatic rings. The number of carbonyl (C=O) groups excluding carboxylic acids is 1. The molecule has 2 N–H and O–H groups in total. The van der Waals surface area contributed by atoms with Crippen molar-refractivity contribution >= 4 is 5.97 Å². The van der Waals surface area contributed by atoms with Gasteiger partial charge in [0.15, 0.2) is 0 Å². The van der Waals surface area contributed by atoms with Crippen molar-refractivity contribution in [2.75, 3.05) is 6.54 Å². The number of hydrogen-bond donors (Lipinski definition) is 1. The Kier molecular flexibility index (Phi) is 4.91. The number of hydrogen-bond acceptors (Lipinski definition) is 3. The highest BCUT2D eigenvalue weighted by molar-refractivity contribution is 5.69. The largest absolute Gasteiger partial charge is 0.461 e. The minimum Gasteiger partial charge on any atom is -0.461 e. The van der Waals surface area contributed by atoms with Crippen LogP contribution in [0, 0.1) is 6.92 Å². The number of carbonyl (C=O) groups is 1. The first-order valence-electron chi connectivity index (χ1n) is 6.30. The predicted octanol–water partition coefficient (Wildman–Crippen LogP) is 2.68. The molecule has 0 amide bonds. The third-order valence-electron chi connectivity index (χ3n) is 2.95. The van der Waals surface area contributed by atoms with Crippen molar-refractivity contribution in [1.29, 1.82) is 0 Å². The maximum atomic E-state index is 11.3. The van der Waals surface area contributed by atoms with Crippen molar-refractivity contribution in [3.05, 3.63) is 34.9 Å². The number of esters is 1. The summed E-state index contributed by atoms with van der Waals surface area (Å²) < 4.78 is 5.20. The molecule has 0 aliphatic rings. The predicted molar refractivity (Wildman–Crippen MR) is 73.3 cm³/mol. The molecule has 0 aromatic heterocycles. The molecule has 0 heterocycles. The van der Waals surface area contributed by atoms with E-state index in [-0.39, 0.29) is 17.8 Å². The molecular weight excluding hydrogens is 226 g/mol. The molecule has 3 nitrogen and oxygen atoms in total. The number of aryl methyl sites for hydroxylation is 1. The highest BCUT2D eigenvalue weighted by Gasteiger charge is 2.15. The summed E-state index contributed by atoms with van der Waals surface area (Å²) in [5.41, 5.74) is 8.86. The van der Waals surface area contributed by atoms with Gasteiger partial charge < -0.3 is 10.5 Å². The summed E-state index contributed by atoms with van der Waals surface area (Å²) in [5.74, 6) is -0.238. The van der Waals surface area contributed by atoms with E-state index in [0.717, 1.165) is 11.1 Å². The van der Waals surface area contributed by atoms with E-state index < -0.39 is 0 Å². The van der Waals surface area contributed by atoms with Gasteiger partial charge in [0.25, 0.3) is 0 Å². The van der Waals surface area contributed by atoms with Gasteiger partial charge in [0, 0.05) is 6.54 Å². The molecule has 0 aliphatic carbocycles. The molecule has 100 valence electrons. The zero-order valence-electron chi connectivity index (χ0n) is 11.7. The van der Waals surface area contributed by atoms with Crippen molar-refractivity contribution in [3.8, 4) is 0 Å². The van der Waals surface area contributed by atoms with Gasteiger partial charge in [-0.2, -0.15) is 0 Å². The van der Waals surface area contributed by atoms with Gasteiger partial charge in [0.2, 0.25) is 0 Å². The highest BCUT2D eigenvalue weighted by atomic mass is 16.5. The van der Waals surface area contributed by atoms with Gasteiger partial charge in [0.1, 0.15) is 6.61 Å². The first kappa shape index (κ1) is 14.7. The van der Waals surface area contributed by atoms with Crippen molar-refractivity contribution in [2.24, 2.45) is 5.73 Å². The minimum atomic E-state index is -0.238. The second kappa shape index (κ2) is 6.01. The molecule has 0 aliphatic heterocycles. The summed E-state index contributed by atoms with van der Waals surface area (Å²) >= 11 is 0. The average molecular weight is 249 g/mol. The van der Waals surface area contributed by atoms with E-state index >= 15 is 0 Å². The fraction of sp³-hybridized carbons (Fsp3) is 0.533. The lowest BCUT2D eigenvalue weighted by molar-refractivity contribution is -0.144. The molecular formula is C15H23NO2. The van der Waals surface area contributed by atoms with Crippen molar-refractivity contribution < 1.29 is 9.53 Å². The Hall–Kier alpha value is -1.35. The average Bonchev–Trinajstić information content (AvgIpc) is 2.26. The van der Waals surface area contributed by atoms with E-state index in [1.54, 1.807) is 0 Å². The summed E-state index contributed by atoms with van der Waals surface area (Å²) in [6.07, 6.45) is 0.276. The Morgan fingerprint density at radius 1 is 1.33 bits per heavy atom. The van der Waals surface area contributed by atoms with Crippen molar-refractivity contribution in [1.82, 2.24) is 0 Å². The van der Waals surface area contributed by atoms with Gasteiger partial charge in [-0.05, 0) is 29.0 Å². The maximum absolute atomic E-state index is 11.3. The van der Waals surface area contributed by atoms with Crippen molar-refractivity contribution in [2.45, 2.75) is 46.1 Å². The Balaban J connectivity index is 2.79. The Bertz CT molecular complexity index is 419. The zero-order chi connectivity index (χ0) is 13.8. The van der Waals surface area contributed by atoms with Crippen LogP contribution in [0.5, 0.6) is 0 Å². The fourth-order valence-corrected chi connectivity index (χ4v) is 1.64. The second-order valence-corrected chi connectivity index (χ2v) is 5.59. The lowest BCUT2D eigenvalue weighted by Crippen LogP contribution is -2.13. The summed E-state index contributed by atoms with van der Waals surface area (Å²) in [6.45, 7) is 9.19. The summed E-state index contributed by atoms with van der Waals surface area (Å²) in [6, 6.07) is 6.32. The van der Waals surface area contributed by atoms with Crippen LogP contribution >= 0.6 is 0 Å². The van der Waals surface area contributed by atoms with Crippen LogP contribution in [-0.4, -0.2) is 12.5 Å². The van der Waals surface area contributed by atoms with Gasteiger partial charge >= 0.3 is 5.97 Å². The topological polar surface area (TPSA) is 52.3 Å². The van der Waals surface area contributed by atoms with Gasteiger partial charge in [-0.3, -0.25) is 4.79 Å². The lowest BCUT2D eigenvalue weighted by atomic mass is 9.85.